The second kappa shape index (κ2) is 4.82. The molecule has 0 amide bonds. The van der Waals surface area contributed by atoms with Gasteiger partial charge in [-0.05, 0) is 13.3 Å². The van der Waals surface area contributed by atoms with Crippen LogP contribution >= 0.6 is 0 Å². The predicted octanol–water partition coefficient (Wildman–Crippen LogP) is 2.25. The van der Waals surface area contributed by atoms with Gasteiger partial charge in [0.15, 0.2) is 0 Å². The fraction of sp³-hybridized carbons (Fsp3) is 0.231. The Labute approximate surface area is 100 Å². The van der Waals surface area contributed by atoms with Crippen molar-refractivity contribution in [3.8, 4) is 11.3 Å². The molecule has 0 saturated heterocycles. The van der Waals surface area contributed by atoms with E-state index in [1.54, 1.807) is 0 Å². The van der Waals surface area contributed by atoms with Crippen molar-refractivity contribution in [1.82, 2.24) is 10.2 Å². The highest BCUT2D eigenvalue weighted by molar-refractivity contribution is 5.77. The van der Waals surface area contributed by atoms with E-state index in [4.69, 9.17) is 11.1 Å². The number of nitrogens with zero attached hydrogens (tertiary/aromatic N) is 1. The molecule has 0 atom stereocenters. The average Bonchev–Trinajstić information content (AvgIpc) is 2.69. The zero-order chi connectivity index (χ0) is 12.3. The molecule has 1 aromatic carbocycles. The van der Waals surface area contributed by atoms with Crippen molar-refractivity contribution < 1.29 is 0 Å². The Morgan fingerprint density at radius 3 is 2.71 bits per heavy atom. The third kappa shape index (κ3) is 2.53. The Bertz CT molecular complexity index is 513. The number of rotatable bonds is 4. The van der Waals surface area contributed by atoms with E-state index in [0.717, 1.165) is 28.9 Å². The fourth-order valence-electron chi connectivity index (χ4n) is 1.85. The standard InChI is InChI=1S/C13H16N4/c1-9-11(7-8-12(14)15)13(17-16-9)10-5-3-2-4-6-10/h2-6H,7-8H2,1H3,(H3,14,15)(H,16,17). The number of hydrogen-bond acceptors (Lipinski definition) is 2. The Kier molecular flexibility index (Phi) is 3.23. The number of aromatic nitrogens is 2. The van der Waals surface area contributed by atoms with E-state index in [1.807, 2.05) is 37.3 Å². The van der Waals surface area contributed by atoms with Crippen LogP contribution in [0.25, 0.3) is 11.3 Å². The van der Waals surface area contributed by atoms with Gasteiger partial charge in [-0.2, -0.15) is 5.10 Å². The summed E-state index contributed by atoms with van der Waals surface area (Å²) in [7, 11) is 0. The van der Waals surface area contributed by atoms with Crippen molar-refractivity contribution in [2.24, 2.45) is 5.73 Å². The summed E-state index contributed by atoms with van der Waals surface area (Å²) in [5.41, 5.74) is 9.65. The minimum absolute atomic E-state index is 0.213. The Morgan fingerprint density at radius 1 is 1.35 bits per heavy atom. The molecule has 0 bridgehead atoms. The maximum atomic E-state index is 7.29. The van der Waals surface area contributed by atoms with Gasteiger partial charge in [0, 0.05) is 23.2 Å². The SMILES string of the molecule is Cc1[nH]nc(-c2ccccc2)c1CCC(=N)N. The number of nitrogens with one attached hydrogen (secondary N) is 2. The van der Waals surface area contributed by atoms with E-state index >= 15 is 0 Å². The summed E-state index contributed by atoms with van der Waals surface area (Å²) in [5.74, 6) is 0.213. The van der Waals surface area contributed by atoms with Crippen LogP contribution in [0.15, 0.2) is 30.3 Å². The van der Waals surface area contributed by atoms with Crippen molar-refractivity contribution in [2.75, 3.05) is 0 Å². The highest BCUT2D eigenvalue weighted by Crippen LogP contribution is 2.24. The summed E-state index contributed by atoms with van der Waals surface area (Å²) in [6, 6.07) is 10.0. The molecule has 1 heterocycles. The molecule has 0 aliphatic rings. The van der Waals surface area contributed by atoms with E-state index in [0.29, 0.717) is 6.42 Å². The minimum Gasteiger partial charge on any atom is -0.388 e. The van der Waals surface area contributed by atoms with Crippen molar-refractivity contribution in [3.63, 3.8) is 0 Å². The summed E-state index contributed by atoms with van der Waals surface area (Å²) in [6.07, 6.45) is 1.32. The van der Waals surface area contributed by atoms with Gasteiger partial charge in [-0.1, -0.05) is 30.3 Å². The number of H-pyrrole nitrogens is 1. The lowest BCUT2D eigenvalue weighted by Crippen LogP contribution is -2.10. The first-order valence-corrected chi connectivity index (χ1v) is 5.60. The molecule has 0 aliphatic carbocycles. The lowest BCUT2D eigenvalue weighted by atomic mass is 10.0. The molecule has 0 spiro atoms. The lowest BCUT2D eigenvalue weighted by molar-refractivity contribution is 0.997. The minimum atomic E-state index is 0.213. The lowest BCUT2D eigenvalue weighted by Gasteiger charge is -2.03. The van der Waals surface area contributed by atoms with Gasteiger partial charge in [0.25, 0.3) is 0 Å². The highest BCUT2D eigenvalue weighted by Gasteiger charge is 2.11. The first-order chi connectivity index (χ1) is 8.18. The van der Waals surface area contributed by atoms with E-state index in [1.165, 1.54) is 0 Å². The molecule has 1 aromatic heterocycles. The zero-order valence-electron chi connectivity index (χ0n) is 9.83. The number of amidine groups is 1. The van der Waals surface area contributed by atoms with E-state index < -0.39 is 0 Å². The monoisotopic (exact) mass is 228 g/mol. The Balaban J connectivity index is 2.32. The maximum absolute atomic E-state index is 7.29. The van der Waals surface area contributed by atoms with E-state index in [9.17, 15) is 0 Å². The number of aryl methyl sites for hydroxylation is 1. The quantitative estimate of drug-likeness (QED) is 0.554. The Hall–Kier alpha value is -2.10. The first-order valence-electron chi connectivity index (χ1n) is 5.60. The van der Waals surface area contributed by atoms with Crippen molar-refractivity contribution >= 4 is 5.84 Å². The molecule has 0 saturated carbocycles. The van der Waals surface area contributed by atoms with E-state index in [-0.39, 0.29) is 5.84 Å². The average molecular weight is 228 g/mol. The van der Waals surface area contributed by atoms with Crippen LogP contribution in [0.3, 0.4) is 0 Å². The van der Waals surface area contributed by atoms with Gasteiger partial charge in [-0.3, -0.25) is 10.5 Å². The molecular weight excluding hydrogens is 212 g/mol. The van der Waals surface area contributed by atoms with Crippen molar-refractivity contribution in [3.05, 3.63) is 41.6 Å². The zero-order valence-corrected chi connectivity index (χ0v) is 9.83. The van der Waals surface area contributed by atoms with Crippen molar-refractivity contribution in [2.45, 2.75) is 19.8 Å². The largest absolute Gasteiger partial charge is 0.388 e. The van der Waals surface area contributed by atoms with Gasteiger partial charge in [0.2, 0.25) is 0 Å². The molecule has 4 heteroatoms. The predicted molar refractivity (Wildman–Crippen MR) is 69.0 cm³/mol. The third-order valence-electron chi connectivity index (χ3n) is 2.77. The van der Waals surface area contributed by atoms with Crippen molar-refractivity contribution in [1.29, 1.82) is 5.41 Å². The van der Waals surface area contributed by atoms with Gasteiger partial charge in [-0.15, -0.1) is 0 Å². The topological polar surface area (TPSA) is 78.5 Å². The molecule has 4 N–H and O–H groups in total. The summed E-state index contributed by atoms with van der Waals surface area (Å²) in [5, 5.41) is 14.6. The molecule has 0 fully saturated rings. The van der Waals surface area contributed by atoms with Gasteiger partial charge in [-0.25, -0.2) is 0 Å². The second-order valence-electron chi connectivity index (χ2n) is 4.07. The first kappa shape index (κ1) is 11.4. The van der Waals surface area contributed by atoms with E-state index in [2.05, 4.69) is 10.2 Å². The summed E-state index contributed by atoms with van der Waals surface area (Å²) in [4.78, 5) is 0. The second-order valence-corrected chi connectivity index (χ2v) is 4.07. The maximum Gasteiger partial charge on any atom is 0.0955 e. The van der Waals surface area contributed by atoms with Crippen LogP contribution in [0, 0.1) is 12.3 Å². The van der Waals surface area contributed by atoms with Crippen LogP contribution < -0.4 is 5.73 Å². The van der Waals surface area contributed by atoms with Gasteiger partial charge < -0.3 is 5.73 Å². The van der Waals surface area contributed by atoms with Crippen LogP contribution in [-0.2, 0) is 6.42 Å². The summed E-state index contributed by atoms with van der Waals surface area (Å²) >= 11 is 0. The highest BCUT2D eigenvalue weighted by atomic mass is 15.1. The number of nitrogens with two attached hydrogens (primary N) is 1. The van der Waals surface area contributed by atoms with Gasteiger partial charge >= 0.3 is 0 Å². The smallest absolute Gasteiger partial charge is 0.0955 e. The molecular formula is C13H16N4. The molecule has 2 rings (SSSR count). The number of aromatic amines is 1. The van der Waals surface area contributed by atoms with Crippen LogP contribution in [0.5, 0.6) is 0 Å². The number of hydrogen-bond donors (Lipinski definition) is 3. The molecule has 88 valence electrons. The van der Waals surface area contributed by atoms with Crippen LogP contribution in [0.4, 0.5) is 0 Å². The molecule has 4 nitrogen and oxygen atoms in total. The number of benzene rings is 1. The van der Waals surface area contributed by atoms with Gasteiger partial charge in [0.1, 0.15) is 0 Å². The molecule has 0 radical (unpaired) electrons. The van der Waals surface area contributed by atoms with Crippen LogP contribution in [-0.4, -0.2) is 16.0 Å². The fourth-order valence-corrected chi connectivity index (χ4v) is 1.85. The molecule has 2 aromatic rings. The third-order valence-corrected chi connectivity index (χ3v) is 2.77. The summed E-state index contributed by atoms with van der Waals surface area (Å²) < 4.78 is 0. The molecule has 0 unspecified atom stereocenters. The summed E-state index contributed by atoms with van der Waals surface area (Å²) in [6.45, 7) is 1.99. The van der Waals surface area contributed by atoms with Crippen LogP contribution in [0.2, 0.25) is 0 Å². The molecule has 0 aliphatic heterocycles. The van der Waals surface area contributed by atoms with Crippen LogP contribution in [0.1, 0.15) is 17.7 Å². The van der Waals surface area contributed by atoms with Gasteiger partial charge in [0.05, 0.1) is 11.5 Å². The Morgan fingerprint density at radius 2 is 2.06 bits per heavy atom. The normalized spacial score (nSPS) is 10.4. The molecule has 17 heavy (non-hydrogen) atoms.